The molecular weight excluding hydrogens is 312 g/mol. The molecule has 0 saturated heterocycles. The molecule has 0 unspecified atom stereocenters. The Morgan fingerprint density at radius 1 is 1.16 bits per heavy atom. The van der Waals surface area contributed by atoms with Gasteiger partial charge in [0.05, 0.1) is 12.7 Å². The molecular formula is C21H26N2O2. The molecule has 4 nitrogen and oxygen atoms in total. The Kier molecular flexibility index (Phi) is 4.82. The van der Waals surface area contributed by atoms with Crippen LogP contribution in [0.2, 0.25) is 0 Å². The van der Waals surface area contributed by atoms with Crippen LogP contribution in [-0.4, -0.2) is 38.0 Å². The third kappa shape index (κ3) is 4.02. The standard InChI is InChI=1S/C21H26N2O2/c1-21(2,14-23(3)4)13-22-19(24)11-16-12-25-18-10-9-15-7-5-6-8-17(15)20(16)18/h5-10,12H,11,13-14H2,1-4H3,(H,22,24). The van der Waals surface area contributed by atoms with Gasteiger partial charge in [0.2, 0.25) is 5.91 Å². The van der Waals surface area contributed by atoms with Gasteiger partial charge in [0.1, 0.15) is 5.58 Å². The summed E-state index contributed by atoms with van der Waals surface area (Å²) in [6.45, 7) is 5.90. The minimum absolute atomic E-state index is 0.0301. The number of hydrogen-bond donors (Lipinski definition) is 1. The highest BCUT2D eigenvalue weighted by molar-refractivity contribution is 6.08. The lowest BCUT2D eigenvalue weighted by molar-refractivity contribution is -0.120. The Morgan fingerprint density at radius 2 is 1.92 bits per heavy atom. The predicted molar refractivity (Wildman–Crippen MR) is 103 cm³/mol. The van der Waals surface area contributed by atoms with Crippen LogP contribution in [0.5, 0.6) is 0 Å². The van der Waals surface area contributed by atoms with Gasteiger partial charge in [-0.1, -0.05) is 44.2 Å². The molecule has 4 heteroatoms. The molecule has 0 aliphatic rings. The van der Waals surface area contributed by atoms with Crippen LogP contribution < -0.4 is 5.32 Å². The zero-order valence-electron chi connectivity index (χ0n) is 15.4. The highest BCUT2D eigenvalue weighted by Crippen LogP contribution is 2.30. The SMILES string of the molecule is CN(C)CC(C)(C)CNC(=O)Cc1coc2ccc3ccccc3c12. The maximum absolute atomic E-state index is 12.5. The van der Waals surface area contributed by atoms with E-state index in [-0.39, 0.29) is 11.3 Å². The topological polar surface area (TPSA) is 45.5 Å². The van der Waals surface area contributed by atoms with Gasteiger partial charge in [0, 0.05) is 24.0 Å². The van der Waals surface area contributed by atoms with Crippen molar-refractivity contribution in [2.24, 2.45) is 5.41 Å². The normalized spacial score (nSPS) is 12.2. The number of hydrogen-bond acceptors (Lipinski definition) is 3. The maximum atomic E-state index is 12.5. The zero-order valence-corrected chi connectivity index (χ0v) is 15.4. The Labute approximate surface area is 148 Å². The number of furan rings is 1. The van der Waals surface area contributed by atoms with Gasteiger partial charge in [-0.05, 0) is 36.3 Å². The van der Waals surface area contributed by atoms with E-state index in [1.54, 1.807) is 6.26 Å². The number of benzene rings is 2. The smallest absolute Gasteiger partial charge is 0.224 e. The summed E-state index contributed by atoms with van der Waals surface area (Å²) >= 11 is 0. The number of nitrogens with zero attached hydrogens (tertiary/aromatic N) is 1. The van der Waals surface area contributed by atoms with E-state index in [1.807, 2.05) is 32.3 Å². The van der Waals surface area contributed by atoms with Gasteiger partial charge in [0.25, 0.3) is 0 Å². The van der Waals surface area contributed by atoms with E-state index >= 15 is 0 Å². The second-order valence-electron chi connectivity index (χ2n) is 7.78. The van der Waals surface area contributed by atoms with Gasteiger partial charge in [-0.15, -0.1) is 0 Å². The summed E-state index contributed by atoms with van der Waals surface area (Å²) in [6.07, 6.45) is 2.04. The number of rotatable bonds is 6. The molecule has 0 aliphatic heterocycles. The van der Waals surface area contributed by atoms with Crippen LogP contribution in [0, 0.1) is 5.41 Å². The van der Waals surface area contributed by atoms with Crippen LogP contribution in [0.15, 0.2) is 47.1 Å². The van der Waals surface area contributed by atoms with Crippen LogP contribution in [-0.2, 0) is 11.2 Å². The van der Waals surface area contributed by atoms with E-state index in [0.717, 1.165) is 33.8 Å². The van der Waals surface area contributed by atoms with Crippen LogP contribution in [0.3, 0.4) is 0 Å². The van der Waals surface area contributed by atoms with Gasteiger partial charge in [-0.2, -0.15) is 0 Å². The predicted octanol–water partition coefficient (Wildman–Crippen LogP) is 3.83. The molecule has 0 spiro atoms. The molecule has 1 N–H and O–H groups in total. The minimum atomic E-state index is 0.0301. The molecule has 0 aliphatic carbocycles. The van der Waals surface area contributed by atoms with E-state index in [0.29, 0.717) is 13.0 Å². The second-order valence-corrected chi connectivity index (χ2v) is 7.78. The molecule has 3 rings (SSSR count). The van der Waals surface area contributed by atoms with E-state index < -0.39 is 0 Å². The molecule has 25 heavy (non-hydrogen) atoms. The molecule has 132 valence electrons. The molecule has 1 heterocycles. The second kappa shape index (κ2) is 6.89. The molecule has 0 bridgehead atoms. The fourth-order valence-electron chi connectivity index (χ4n) is 3.49. The lowest BCUT2D eigenvalue weighted by Gasteiger charge is -2.28. The first-order valence-corrected chi connectivity index (χ1v) is 8.65. The molecule has 1 aromatic heterocycles. The Bertz CT molecular complexity index is 893. The lowest BCUT2D eigenvalue weighted by atomic mass is 9.93. The zero-order chi connectivity index (χ0) is 18.0. The van der Waals surface area contributed by atoms with E-state index in [4.69, 9.17) is 4.42 Å². The van der Waals surface area contributed by atoms with Gasteiger partial charge in [-0.25, -0.2) is 0 Å². The van der Waals surface area contributed by atoms with Crippen molar-refractivity contribution in [1.82, 2.24) is 10.2 Å². The van der Waals surface area contributed by atoms with Crippen LogP contribution in [0.1, 0.15) is 19.4 Å². The van der Waals surface area contributed by atoms with Gasteiger partial charge < -0.3 is 14.6 Å². The Hall–Kier alpha value is -2.33. The lowest BCUT2D eigenvalue weighted by Crippen LogP contribution is -2.40. The average Bonchev–Trinajstić information content (AvgIpc) is 2.95. The van der Waals surface area contributed by atoms with Crippen LogP contribution >= 0.6 is 0 Å². The van der Waals surface area contributed by atoms with E-state index in [1.165, 1.54) is 0 Å². The molecule has 0 fully saturated rings. The molecule has 1 amide bonds. The summed E-state index contributed by atoms with van der Waals surface area (Å²) in [4.78, 5) is 14.6. The number of carbonyl (C=O) groups excluding carboxylic acids is 1. The maximum Gasteiger partial charge on any atom is 0.224 e. The first-order valence-electron chi connectivity index (χ1n) is 8.65. The van der Waals surface area contributed by atoms with Crippen LogP contribution in [0.25, 0.3) is 21.7 Å². The van der Waals surface area contributed by atoms with Crippen molar-refractivity contribution < 1.29 is 9.21 Å². The summed E-state index contributed by atoms with van der Waals surface area (Å²) in [5, 5.41) is 6.40. The van der Waals surface area contributed by atoms with Crippen LogP contribution in [0.4, 0.5) is 0 Å². The Balaban J connectivity index is 1.77. The molecule has 3 aromatic rings. The van der Waals surface area contributed by atoms with Crippen molar-refractivity contribution in [3.63, 3.8) is 0 Å². The molecule has 0 radical (unpaired) electrons. The van der Waals surface area contributed by atoms with Gasteiger partial charge in [0.15, 0.2) is 0 Å². The third-order valence-electron chi connectivity index (χ3n) is 4.40. The fraction of sp³-hybridized carbons (Fsp3) is 0.381. The van der Waals surface area contributed by atoms with Crippen molar-refractivity contribution in [3.05, 3.63) is 48.2 Å². The largest absolute Gasteiger partial charge is 0.464 e. The first-order chi connectivity index (χ1) is 11.9. The summed E-state index contributed by atoms with van der Waals surface area (Å²) in [6, 6.07) is 12.2. The van der Waals surface area contributed by atoms with Crippen molar-refractivity contribution in [2.45, 2.75) is 20.3 Å². The third-order valence-corrected chi connectivity index (χ3v) is 4.40. The van der Waals surface area contributed by atoms with E-state index in [9.17, 15) is 4.79 Å². The highest BCUT2D eigenvalue weighted by Gasteiger charge is 2.20. The van der Waals surface area contributed by atoms with Crippen molar-refractivity contribution in [2.75, 3.05) is 27.2 Å². The molecule has 0 atom stereocenters. The van der Waals surface area contributed by atoms with Crippen molar-refractivity contribution in [3.8, 4) is 0 Å². The fourth-order valence-corrected chi connectivity index (χ4v) is 3.49. The van der Waals surface area contributed by atoms with E-state index in [2.05, 4.69) is 42.3 Å². The number of fused-ring (bicyclic) bond motifs is 3. The summed E-state index contributed by atoms with van der Waals surface area (Å²) in [5.41, 5.74) is 1.80. The quantitative estimate of drug-likeness (QED) is 0.743. The summed E-state index contributed by atoms with van der Waals surface area (Å²) in [5.74, 6) is 0.0301. The van der Waals surface area contributed by atoms with Gasteiger partial charge in [-0.3, -0.25) is 4.79 Å². The number of nitrogens with one attached hydrogen (secondary N) is 1. The van der Waals surface area contributed by atoms with Crippen molar-refractivity contribution in [1.29, 1.82) is 0 Å². The Morgan fingerprint density at radius 3 is 2.68 bits per heavy atom. The summed E-state index contributed by atoms with van der Waals surface area (Å²) in [7, 11) is 4.10. The molecule has 2 aromatic carbocycles. The summed E-state index contributed by atoms with van der Waals surface area (Å²) < 4.78 is 5.67. The first kappa shape index (κ1) is 17.5. The number of amides is 1. The molecule has 0 saturated carbocycles. The van der Waals surface area contributed by atoms with Gasteiger partial charge >= 0.3 is 0 Å². The average molecular weight is 338 g/mol. The number of carbonyl (C=O) groups is 1. The minimum Gasteiger partial charge on any atom is -0.464 e. The highest BCUT2D eigenvalue weighted by atomic mass is 16.3. The monoisotopic (exact) mass is 338 g/mol. The van der Waals surface area contributed by atoms with Crippen molar-refractivity contribution >= 4 is 27.6 Å².